The fourth-order valence-electron chi connectivity index (χ4n) is 3.11. The first-order valence-corrected chi connectivity index (χ1v) is 7.42. The highest BCUT2D eigenvalue weighted by molar-refractivity contribution is 5.78. The van der Waals surface area contributed by atoms with Crippen molar-refractivity contribution in [2.45, 2.75) is 25.3 Å². The smallest absolute Gasteiger partial charge is 0.0907 e. The fourth-order valence-corrected chi connectivity index (χ4v) is 3.11. The number of nitrogens with zero attached hydrogens (tertiary/aromatic N) is 2. The van der Waals surface area contributed by atoms with Crippen LogP contribution in [0.3, 0.4) is 0 Å². The second-order valence-corrected chi connectivity index (χ2v) is 5.61. The Morgan fingerprint density at radius 1 is 0.905 bits per heavy atom. The Hall–Kier alpha value is -2.42. The maximum Gasteiger partial charge on any atom is 0.0907 e. The summed E-state index contributed by atoms with van der Waals surface area (Å²) in [6.45, 7) is 0. The lowest BCUT2D eigenvalue weighted by atomic mass is 9.88. The van der Waals surface area contributed by atoms with Gasteiger partial charge in [0, 0.05) is 24.1 Å². The van der Waals surface area contributed by atoms with Crippen molar-refractivity contribution in [1.29, 1.82) is 0 Å². The molecule has 1 aromatic heterocycles. The van der Waals surface area contributed by atoms with E-state index in [2.05, 4.69) is 51.7 Å². The number of aromatic nitrogens is 2. The van der Waals surface area contributed by atoms with Crippen LogP contribution in [0.15, 0.2) is 54.9 Å². The summed E-state index contributed by atoms with van der Waals surface area (Å²) in [4.78, 5) is 8.68. The van der Waals surface area contributed by atoms with Gasteiger partial charge in [-0.2, -0.15) is 0 Å². The number of rotatable bonds is 2. The number of anilines is 1. The van der Waals surface area contributed by atoms with Crippen LogP contribution in [-0.2, 0) is 12.8 Å². The molecule has 3 aromatic rings. The van der Waals surface area contributed by atoms with Crippen molar-refractivity contribution in [2.24, 2.45) is 0 Å². The SMILES string of the molecule is c1ccc2c(c1)CCC(Nc1ccc3nccnc3c1)C2. The van der Waals surface area contributed by atoms with Gasteiger partial charge in [0.25, 0.3) is 0 Å². The third-order valence-electron chi connectivity index (χ3n) is 4.19. The van der Waals surface area contributed by atoms with E-state index in [9.17, 15) is 0 Å². The average Bonchev–Trinajstić information content (AvgIpc) is 2.55. The van der Waals surface area contributed by atoms with Crippen LogP contribution in [0.5, 0.6) is 0 Å². The molecule has 0 aliphatic heterocycles. The first-order chi connectivity index (χ1) is 10.4. The third kappa shape index (κ3) is 2.47. The molecule has 104 valence electrons. The van der Waals surface area contributed by atoms with Gasteiger partial charge in [-0.1, -0.05) is 24.3 Å². The zero-order valence-corrected chi connectivity index (χ0v) is 11.8. The van der Waals surface area contributed by atoms with Crippen molar-refractivity contribution in [2.75, 3.05) is 5.32 Å². The minimum Gasteiger partial charge on any atom is -0.382 e. The Bertz CT molecular complexity index is 782. The van der Waals surface area contributed by atoms with E-state index in [0.29, 0.717) is 6.04 Å². The van der Waals surface area contributed by atoms with Gasteiger partial charge in [-0.25, -0.2) is 0 Å². The number of hydrogen-bond donors (Lipinski definition) is 1. The lowest BCUT2D eigenvalue weighted by Crippen LogP contribution is -2.27. The van der Waals surface area contributed by atoms with Gasteiger partial charge in [0.1, 0.15) is 0 Å². The normalized spacial score (nSPS) is 17.4. The van der Waals surface area contributed by atoms with E-state index >= 15 is 0 Å². The van der Waals surface area contributed by atoms with Gasteiger partial charge < -0.3 is 5.32 Å². The average molecular weight is 275 g/mol. The van der Waals surface area contributed by atoms with Crippen LogP contribution < -0.4 is 5.32 Å². The van der Waals surface area contributed by atoms with E-state index in [4.69, 9.17) is 0 Å². The van der Waals surface area contributed by atoms with E-state index in [1.807, 2.05) is 6.07 Å². The zero-order chi connectivity index (χ0) is 14.1. The van der Waals surface area contributed by atoms with E-state index in [1.165, 1.54) is 17.5 Å². The molecular weight excluding hydrogens is 258 g/mol. The number of benzene rings is 2. The Morgan fingerprint density at radius 2 is 1.71 bits per heavy atom. The molecule has 0 fully saturated rings. The van der Waals surface area contributed by atoms with Crippen LogP contribution in [0.25, 0.3) is 11.0 Å². The van der Waals surface area contributed by atoms with Crippen molar-refractivity contribution in [3.8, 4) is 0 Å². The molecule has 1 N–H and O–H groups in total. The first kappa shape index (κ1) is 12.3. The van der Waals surface area contributed by atoms with E-state index < -0.39 is 0 Å². The van der Waals surface area contributed by atoms with Crippen molar-refractivity contribution < 1.29 is 0 Å². The minimum absolute atomic E-state index is 0.494. The second-order valence-electron chi connectivity index (χ2n) is 5.61. The van der Waals surface area contributed by atoms with Gasteiger partial charge in [-0.3, -0.25) is 9.97 Å². The largest absolute Gasteiger partial charge is 0.382 e. The monoisotopic (exact) mass is 275 g/mol. The molecule has 2 aromatic carbocycles. The Morgan fingerprint density at radius 3 is 2.62 bits per heavy atom. The Kier molecular flexibility index (Phi) is 3.03. The Balaban J connectivity index is 1.55. The van der Waals surface area contributed by atoms with E-state index in [1.54, 1.807) is 12.4 Å². The number of hydrogen-bond acceptors (Lipinski definition) is 3. The molecule has 0 amide bonds. The van der Waals surface area contributed by atoms with Crippen LogP contribution >= 0.6 is 0 Å². The third-order valence-corrected chi connectivity index (χ3v) is 4.19. The molecule has 21 heavy (non-hydrogen) atoms. The van der Waals surface area contributed by atoms with Crippen LogP contribution in [-0.4, -0.2) is 16.0 Å². The molecule has 0 spiro atoms. The maximum absolute atomic E-state index is 4.37. The minimum atomic E-state index is 0.494. The molecule has 0 saturated carbocycles. The predicted octanol–water partition coefficient (Wildman–Crippen LogP) is 3.60. The van der Waals surface area contributed by atoms with E-state index in [-0.39, 0.29) is 0 Å². The highest BCUT2D eigenvalue weighted by Gasteiger charge is 2.17. The van der Waals surface area contributed by atoms with Gasteiger partial charge in [-0.05, 0) is 48.6 Å². The zero-order valence-electron chi connectivity index (χ0n) is 11.8. The predicted molar refractivity (Wildman–Crippen MR) is 85.4 cm³/mol. The van der Waals surface area contributed by atoms with Crippen LogP contribution in [0.2, 0.25) is 0 Å². The van der Waals surface area contributed by atoms with Gasteiger partial charge in [-0.15, -0.1) is 0 Å². The van der Waals surface area contributed by atoms with Crippen molar-refractivity contribution in [1.82, 2.24) is 9.97 Å². The van der Waals surface area contributed by atoms with Crippen molar-refractivity contribution in [3.05, 3.63) is 66.0 Å². The molecule has 1 aliphatic carbocycles. The van der Waals surface area contributed by atoms with Gasteiger partial charge in [0.15, 0.2) is 0 Å². The fraction of sp³-hybridized carbons (Fsp3) is 0.222. The van der Waals surface area contributed by atoms with Crippen LogP contribution in [0, 0.1) is 0 Å². The van der Waals surface area contributed by atoms with Gasteiger partial charge in [0.2, 0.25) is 0 Å². The van der Waals surface area contributed by atoms with E-state index in [0.717, 1.165) is 29.6 Å². The number of fused-ring (bicyclic) bond motifs is 2. The molecule has 0 bridgehead atoms. The lowest BCUT2D eigenvalue weighted by Gasteiger charge is -2.26. The topological polar surface area (TPSA) is 37.8 Å². The summed E-state index contributed by atoms with van der Waals surface area (Å²) in [5, 5.41) is 3.65. The quantitative estimate of drug-likeness (QED) is 0.776. The molecule has 0 radical (unpaired) electrons. The molecule has 1 unspecified atom stereocenters. The highest BCUT2D eigenvalue weighted by Crippen LogP contribution is 2.24. The Labute approximate surface area is 124 Å². The van der Waals surface area contributed by atoms with Crippen molar-refractivity contribution in [3.63, 3.8) is 0 Å². The lowest BCUT2D eigenvalue weighted by molar-refractivity contribution is 0.611. The first-order valence-electron chi connectivity index (χ1n) is 7.42. The molecule has 1 atom stereocenters. The summed E-state index contributed by atoms with van der Waals surface area (Å²) < 4.78 is 0. The number of aryl methyl sites for hydroxylation is 1. The van der Waals surface area contributed by atoms with Gasteiger partial charge in [0.05, 0.1) is 11.0 Å². The number of nitrogens with one attached hydrogen (secondary N) is 1. The van der Waals surface area contributed by atoms with Crippen LogP contribution in [0.1, 0.15) is 17.5 Å². The van der Waals surface area contributed by atoms with Crippen molar-refractivity contribution >= 4 is 16.7 Å². The second kappa shape index (κ2) is 5.17. The summed E-state index contributed by atoms with van der Waals surface area (Å²) in [6.07, 6.45) is 6.89. The summed E-state index contributed by atoms with van der Waals surface area (Å²) >= 11 is 0. The maximum atomic E-state index is 4.37. The molecule has 3 heteroatoms. The molecule has 3 nitrogen and oxygen atoms in total. The molecule has 0 saturated heterocycles. The molecular formula is C18H17N3. The molecule has 1 heterocycles. The van der Waals surface area contributed by atoms with Crippen LogP contribution in [0.4, 0.5) is 5.69 Å². The highest BCUT2D eigenvalue weighted by atomic mass is 14.9. The molecule has 1 aliphatic rings. The summed E-state index contributed by atoms with van der Waals surface area (Å²) in [6, 6.07) is 15.5. The standard InChI is InChI=1S/C18H17N3/c1-2-4-14-11-15(6-5-13(14)3-1)21-16-7-8-17-18(12-16)20-10-9-19-17/h1-4,7-10,12,15,21H,5-6,11H2. The van der Waals surface area contributed by atoms with Gasteiger partial charge >= 0.3 is 0 Å². The summed E-state index contributed by atoms with van der Waals surface area (Å²) in [5.74, 6) is 0. The molecule has 4 rings (SSSR count). The summed E-state index contributed by atoms with van der Waals surface area (Å²) in [5.41, 5.74) is 5.99. The summed E-state index contributed by atoms with van der Waals surface area (Å²) in [7, 11) is 0.